The molecular weight excluding hydrogens is 508 g/mol. The minimum absolute atomic E-state index is 0.725. The van der Waals surface area contributed by atoms with Crippen LogP contribution < -0.4 is 0 Å². The first-order valence-electron chi connectivity index (χ1n) is 14.3. The standard InChI is InChI=1S/C40H26N2/c1-3-12-28(13-4-1)37-26-38(42-40(41-37)30-14-5-2-6-15-30)29-24-22-27(23-25-29)31-20-11-21-36-34-17-8-7-16-32(34)33-18-9-10-19-35(33)39(31)36/h1-26H. The third kappa shape index (κ3) is 4.13. The van der Waals surface area contributed by atoms with Gasteiger partial charge >= 0.3 is 0 Å². The molecule has 0 aliphatic heterocycles. The van der Waals surface area contributed by atoms with Crippen molar-refractivity contribution in [2.45, 2.75) is 0 Å². The molecule has 0 fully saturated rings. The summed E-state index contributed by atoms with van der Waals surface area (Å²) in [5.74, 6) is 0.725. The number of hydrogen-bond acceptors (Lipinski definition) is 2. The quantitative estimate of drug-likeness (QED) is 0.210. The molecule has 0 radical (unpaired) electrons. The Morgan fingerprint density at radius 2 is 0.738 bits per heavy atom. The van der Waals surface area contributed by atoms with E-state index in [1.807, 2.05) is 36.4 Å². The Balaban J connectivity index is 1.29. The number of aromatic nitrogens is 2. The maximum atomic E-state index is 5.02. The van der Waals surface area contributed by atoms with E-state index >= 15 is 0 Å². The second kappa shape index (κ2) is 10.1. The topological polar surface area (TPSA) is 25.8 Å². The second-order valence-corrected chi connectivity index (χ2v) is 10.6. The average molecular weight is 535 g/mol. The summed E-state index contributed by atoms with van der Waals surface area (Å²) in [7, 11) is 0. The van der Waals surface area contributed by atoms with E-state index in [2.05, 4.69) is 121 Å². The lowest BCUT2D eigenvalue weighted by Crippen LogP contribution is -1.95. The van der Waals surface area contributed by atoms with Gasteiger partial charge in [-0.3, -0.25) is 0 Å². The Labute approximate surface area is 244 Å². The molecule has 196 valence electrons. The van der Waals surface area contributed by atoms with Gasteiger partial charge in [-0.25, -0.2) is 9.97 Å². The Morgan fingerprint density at radius 1 is 0.310 bits per heavy atom. The lowest BCUT2D eigenvalue weighted by Gasteiger charge is -2.14. The van der Waals surface area contributed by atoms with Crippen molar-refractivity contribution in [3.05, 3.63) is 158 Å². The van der Waals surface area contributed by atoms with E-state index in [4.69, 9.17) is 9.97 Å². The molecule has 8 rings (SSSR count). The smallest absolute Gasteiger partial charge is 0.160 e. The molecule has 0 atom stereocenters. The Kier molecular flexibility index (Phi) is 5.82. The highest BCUT2D eigenvalue weighted by molar-refractivity contribution is 6.28. The predicted molar refractivity (Wildman–Crippen MR) is 176 cm³/mol. The highest BCUT2D eigenvalue weighted by Crippen LogP contribution is 2.40. The van der Waals surface area contributed by atoms with Gasteiger partial charge in [0.2, 0.25) is 0 Å². The molecule has 8 aromatic rings. The molecule has 42 heavy (non-hydrogen) atoms. The Bertz CT molecular complexity index is 2120. The first kappa shape index (κ1) is 24.2. The normalized spacial score (nSPS) is 11.3. The Hall–Kier alpha value is -5.60. The van der Waals surface area contributed by atoms with Crippen LogP contribution in [-0.4, -0.2) is 9.97 Å². The van der Waals surface area contributed by atoms with Gasteiger partial charge in [0, 0.05) is 16.7 Å². The summed E-state index contributed by atoms with van der Waals surface area (Å²) in [6.45, 7) is 0. The van der Waals surface area contributed by atoms with E-state index in [1.54, 1.807) is 0 Å². The fraction of sp³-hybridized carbons (Fsp3) is 0. The van der Waals surface area contributed by atoms with Crippen LogP contribution in [0.1, 0.15) is 0 Å². The molecule has 0 bridgehead atoms. The van der Waals surface area contributed by atoms with E-state index in [0.717, 1.165) is 33.9 Å². The van der Waals surface area contributed by atoms with Crippen molar-refractivity contribution < 1.29 is 0 Å². The number of fused-ring (bicyclic) bond motifs is 6. The summed E-state index contributed by atoms with van der Waals surface area (Å²) in [4.78, 5) is 9.96. The second-order valence-electron chi connectivity index (χ2n) is 10.6. The summed E-state index contributed by atoms with van der Waals surface area (Å²) in [5, 5.41) is 7.71. The third-order valence-electron chi connectivity index (χ3n) is 8.09. The minimum Gasteiger partial charge on any atom is -0.228 e. The van der Waals surface area contributed by atoms with Gasteiger partial charge in [-0.1, -0.05) is 152 Å². The van der Waals surface area contributed by atoms with Gasteiger partial charge in [-0.05, 0) is 49.5 Å². The maximum absolute atomic E-state index is 5.02. The van der Waals surface area contributed by atoms with Gasteiger partial charge < -0.3 is 0 Å². The van der Waals surface area contributed by atoms with Crippen LogP contribution in [0.15, 0.2) is 158 Å². The van der Waals surface area contributed by atoms with E-state index in [-0.39, 0.29) is 0 Å². The molecule has 0 aliphatic rings. The highest BCUT2D eigenvalue weighted by atomic mass is 14.9. The van der Waals surface area contributed by atoms with Gasteiger partial charge in [0.15, 0.2) is 5.82 Å². The van der Waals surface area contributed by atoms with Crippen LogP contribution in [0, 0.1) is 0 Å². The molecule has 1 aromatic heterocycles. The predicted octanol–water partition coefficient (Wildman–Crippen LogP) is 10.6. The van der Waals surface area contributed by atoms with Crippen molar-refractivity contribution in [2.75, 3.05) is 0 Å². The molecule has 0 amide bonds. The average Bonchev–Trinajstić information content (AvgIpc) is 3.09. The molecule has 0 saturated carbocycles. The fourth-order valence-corrected chi connectivity index (χ4v) is 6.09. The summed E-state index contributed by atoms with van der Waals surface area (Å²) < 4.78 is 0. The van der Waals surface area contributed by atoms with E-state index in [9.17, 15) is 0 Å². The zero-order valence-electron chi connectivity index (χ0n) is 22.9. The van der Waals surface area contributed by atoms with Crippen molar-refractivity contribution in [2.24, 2.45) is 0 Å². The van der Waals surface area contributed by atoms with Gasteiger partial charge in [0.05, 0.1) is 11.4 Å². The Morgan fingerprint density at radius 3 is 1.33 bits per heavy atom. The number of nitrogens with zero attached hydrogens (tertiary/aromatic N) is 2. The summed E-state index contributed by atoms with van der Waals surface area (Å²) in [5.41, 5.74) is 7.38. The van der Waals surface area contributed by atoms with Crippen LogP contribution >= 0.6 is 0 Å². The van der Waals surface area contributed by atoms with Crippen LogP contribution in [0.3, 0.4) is 0 Å². The SMILES string of the molecule is c1ccc(-c2cc(-c3ccc(-c4cccc5c6ccccc6c6ccccc6c45)cc3)nc(-c3ccccc3)n2)cc1. The summed E-state index contributed by atoms with van der Waals surface area (Å²) >= 11 is 0. The molecular formula is C40H26N2. The largest absolute Gasteiger partial charge is 0.228 e. The minimum atomic E-state index is 0.725. The lowest BCUT2D eigenvalue weighted by atomic mass is 9.89. The zero-order valence-corrected chi connectivity index (χ0v) is 22.9. The lowest BCUT2D eigenvalue weighted by molar-refractivity contribution is 1.18. The number of rotatable bonds is 4. The molecule has 0 N–H and O–H groups in total. The highest BCUT2D eigenvalue weighted by Gasteiger charge is 2.14. The molecule has 7 aromatic carbocycles. The van der Waals surface area contributed by atoms with Gasteiger partial charge in [-0.15, -0.1) is 0 Å². The van der Waals surface area contributed by atoms with Crippen LogP contribution in [0.25, 0.3) is 77.3 Å². The van der Waals surface area contributed by atoms with Gasteiger partial charge in [0.25, 0.3) is 0 Å². The summed E-state index contributed by atoms with van der Waals surface area (Å²) in [6.07, 6.45) is 0. The van der Waals surface area contributed by atoms with Crippen molar-refractivity contribution >= 4 is 32.3 Å². The fourth-order valence-electron chi connectivity index (χ4n) is 6.09. The van der Waals surface area contributed by atoms with Crippen LogP contribution in [0.5, 0.6) is 0 Å². The van der Waals surface area contributed by atoms with E-state index in [0.29, 0.717) is 0 Å². The third-order valence-corrected chi connectivity index (χ3v) is 8.09. The van der Waals surface area contributed by atoms with E-state index < -0.39 is 0 Å². The molecule has 2 heteroatoms. The van der Waals surface area contributed by atoms with Crippen molar-refractivity contribution in [1.29, 1.82) is 0 Å². The molecule has 0 unspecified atom stereocenters. The maximum Gasteiger partial charge on any atom is 0.160 e. The van der Waals surface area contributed by atoms with E-state index in [1.165, 1.54) is 43.4 Å². The molecule has 0 saturated heterocycles. The zero-order chi connectivity index (χ0) is 27.9. The van der Waals surface area contributed by atoms with Crippen LogP contribution in [-0.2, 0) is 0 Å². The first-order chi connectivity index (χ1) is 20.8. The molecule has 0 aliphatic carbocycles. The van der Waals surface area contributed by atoms with Gasteiger partial charge in [-0.2, -0.15) is 0 Å². The summed E-state index contributed by atoms with van der Waals surface area (Å²) in [6, 6.07) is 55.6. The molecule has 0 spiro atoms. The molecule has 1 heterocycles. The van der Waals surface area contributed by atoms with Crippen molar-refractivity contribution in [3.63, 3.8) is 0 Å². The number of benzene rings is 7. The van der Waals surface area contributed by atoms with Gasteiger partial charge in [0.1, 0.15) is 0 Å². The monoisotopic (exact) mass is 534 g/mol. The molecule has 2 nitrogen and oxygen atoms in total. The number of hydrogen-bond donors (Lipinski definition) is 0. The van der Waals surface area contributed by atoms with Crippen molar-refractivity contribution in [3.8, 4) is 45.0 Å². The van der Waals surface area contributed by atoms with Crippen LogP contribution in [0.2, 0.25) is 0 Å². The van der Waals surface area contributed by atoms with Crippen molar-refractivity contribution in [1.82, 2.24) is 9.97 Å². The first-order valence-corrected chi connectivity index (χ1v) is 14.3. The van der Waals surface area contributed by atoms with Crippen LogP contribution in [0.4, 0.5) is 0 Å².